The molecule has 0 radical (unpaired) electrons. The molecule has 0 aromatic rings. The predicted molar refractivity (Wildman–Crippen MR) is 79.2 cm³/mol. The maximum Gasteiger partial charge on any atom is 0.225 e. The summed E-state index contributed by atoms with van der Waals surface area (Å²) in [6, 6.07) is 0.349. The number of fused-ring (bicyclic) bond motifs is 1. The smallest absolute Gasteiger partial charge is 0.225 e. The summed E-state index contributed by atoms with van der Waals surface area (Å²) in [6.45, 7) is 1.94. The van der Waals surface area contributed by atoms with E-state index in [4.69, 9.17) is 5.73 Å². The lowest BCUT2D eigenvalue weighted by Crippen LogP contribution is -2.37. The van der Waals surface area contributed by atoms with E-state index in [0.29, 0.717) is 29.7 Å². The summed E-state index contributed by atoms with van der Waals surface area (Å²) in [5, 5.41) is 0. The third kappa shape index (κ3) is 3.08. The van der Waals surface area contributed by atoms with Crippen LogP contribution in [0.4, 0.5) is 0 Å². The molecule has 110 valence electrons. The minimum atomic E-state index is 0. The van der Waals surface area contributed by atoms with E-state index in [2.05, 4.69) is 4.90 Å². The van der Waals surface area contributed by atoms with Crippen molar-refractivity contribution >= 4 is 18.3 Å². The highest BCUT2D eigenvalue weighted by Crippen LogP contribution is 2.38. The van der Waals surface area contributed by atoms with E-state index in [1.165, 1.54) is 38.5 Å². The number of carbonyl (C=O) groups is 1. The lowest BCUT2D eigenvalue weighted by atomic mass is 9.98. The Morgan fingerprint density at radius 3 is 2.26 bits per heavy atom. The molecular formula is C15H27ClN2O. The lowest BCUT2D eigenvalue weighted by Gasteiger charge is -2.24. The minimum Gasteiger partial charge on any atom is -0.342 e. The van der Waals surface area contributed by atoms with Crippen LogP contribution in [0.2, 0.25) is 0 Å². The molecule has 19 heavy (non-hydrogen) atoms. The molecule has 1 aliphatic heterocycles. The van der Waals surface area contributed by atoms with Gasteiger partial charge in [0.15, 0.2) is 0 Å². The number of carbonyl (C=O) groups excluding carboxylic acids is 1. The maximum absolute atomic E-state index is 12.6. The Labute approximate surface area is 122 Å². The van der Waals surface area contributed by atoms with E-state index < -0.39 is 0 Å². The van der Waals surface area contributed by atoms with Gasteiger partial charge in [0.25, 0.3) is 0 Å². The fourth-order valence-electron chi connectivity index (χ4n) is 4.27. The molecule has 0 bridgehead atoms. The monoisotopic (exact) mass is 286 g/mol. The molecule has 3 fully saturated rings. The third-order valence-corrected chi connectivity index (χ3v) is 5.43. The standard InChI is InChI=1S/C15H26N2O.ClH/c16-14-8-7-12-9-17(10-13(12)14)15(18)11-5-3-1-2-4-6-11;/h11-14H,1-10,16H2;1H. The summed E-state index contributed by atoms with van der Waals surface area (Å²) in [5.74, 6) is 2.07. The number of nitrogens with two attached hydrogens (primary N) is 1. The molecular weight excluding hydrogens is 260 g/mol. The van der Waals surface area contributed by atoms with Crippen molar-refractivity contribution in [1.82, 2.24) is 4.90 Å². The van der Waals surface area contributed by atoms with Crippen molar-refractivity contribution in [2.24, 2.45) is 23.5 Å². The van der Waals surface area contributed by atoms with Gasteiger partial charge in [0.2, 0.25) is 5.91 Å². The quantitative estimate of drug-likeness (QED) is 0.753. The molecule has 0 aromatic carbocycles. The Kier molecular flexibility index (Phi) is 5.13. The topological polar surface area (TPSA) is 46.3 Å². The summed E-state index contributed by atoms with van der Waals surface area (Å²) in [7, 11) is 0. The first-order valence-electron chi connectivity index (χ1n) is 7.80. The molecule has 3 aliphatic rings. The average molecular weight is 287 g/mol. The van der Waals surface area contributed by atoms with E-state index >= 15 is 0 Å². The zero-order chi connectivity index (χ0) is 12.5. The van der Waals surface area contributed by atoms with Gasteiger partial charge in [-0.05, 0) is 37.5 Å². The van der Waals surface area contributed by atoms with Gasteiger partial charge in [-0.15, -0.1) is 12.4 Å². The molecule has 0 aromatic heterocycles. The van der Waals surface area contributed by atoms with Crippen molar-refractivity contribution in [3.05, 3.63) is 0 Å². The highest BCUT2D eigenvalue weighted by molar-refractivity contribution is 5.85. The van der Waals surface area contributed by atoms with Crippen molar-refractivity contribution in [2.75, 3.05) is 13.1 Å². The highest BCUT2D eigenvalue weighted by atomic mass is 35.5. The Morgan fingerprint density at radius 1 is 0.947 bits per heavy atom. The van der Waals surface area contributed by atoms with Crippen molar-refractivity contribution in [3.63, 3.8) is 0 Å². The summed E-state index contributed by atoms with van der Waals surface area (Å²) < 4.78 is 0. The third-order valence-electron chi connectivity index (χ3n) is 5.43. The molecule has 1 heterocycles. The fourth-order valence-corrected chi connectivity index (χ4v) is 4.27. The van der Waals surface area contributed by atoms with Crippen LogP contribution in [0.1, 0.15) is 51.4 Å². The average Bonchev–Trinajstić information content (AvgIpc) is 2.81. The molecule has 3 nitrogen and oxygen atoms in total. The predicted octanol–water partition coefficient (Wildman–Crippen LogP) is 2.57. The van der Waals surface area contributed by atoms with Crippen LogP contribution in [-0.2, 0) is 4.79 Å². The number of likely N-dealkylation sites (tertiary alicyclic amines) is 1. The molecule has 3 unspecified atom stereocenters. The number of hydrogen-bond acceptors (Lipinski definition) is 2. The minimum absolute atomic E-state index is 0. The van der Waals surface area contributed by atoms with Crippen LogP contribution >= 0.6 is 12.4 Å². The van der Waals surface area contributed by atoms with E-state index in [0.717, 1.165) is 25.9 Å². The van der Waals surface area contributed by atoms with Crippen LogP contribution < -0.4 is 5.73 Å². The summed E-state index contributed by atoms with van der Waals surface area (Å²) in [6.07, 6.45) is 9.78. The van der Waals surface area contributed by atoms with Gasteiger partial charge in [-0.25, -0.2) is 0 Å². The highest BCUT2D eigenvalue weighted by Gasteiger charge is 2.43. The Bertz CT molecular complexity index is 315. The van der Waals surface area contributed by atoms with Crippen LogP contribution in [-0.4, -0.2) is 29.9 Å². The molecule has 2 aliphatic carbocycles. The molecule has 0 spiro atoms. The zero-order valence-corrected chi connectivity index (χ0v) is 12.5. The number of hydrogen-bond donors (Lipinski definition) is 1. The first-order valence-corrected chi connectivity index (χ1v) is 7.80. The second-order valence-electron chi connectivity index (χ2n) is 6.60. The van der Waals surface area contributed by atoms with Crippen molar-refractivity contribution in [3.8, 4) is 0 Å². The van der Waals surface area contributed by atoms with Gasteiger partial charge in [0.1, 0.15) is 0 Å². The van der Waals surface area contributed by atoms with E-state index in [9.17, 15) is 4.79 Å². The normalized spacial score (nSPS) is 35.6. The van der Waals surface area contributed by atoms with Gasteiger partial charge in [0.05, 0.1) is 0 Å². The molecule has 1 saturated heterocycles. The van der Waals surface area contributed by atoms with E-state index in [1.54, 1.807) is 0 Å². The molecule has 3 rings (SSSR count). The second-order valence-corrected chi connectivity index (χ2v) is 6.60. The first kappa shape index (κ1) is 15.1. The van der Waals surface area contributed by atoms with Gasteiger partial charge in [0, 0.05) is 25.0 Å². The van der Waals surface area contributed by atoms with Crippen molar-refractivity contribution in [2.45, 2.75) is 57.4 Å². The first-order chi connectivity index (χ1) is 8.75. The SMILES string of the molecule is Cl.NC1CCC2CN(C(=O)C3CCCCCC3)CC12. The zero-order valence-electron chi connectivity index (χ0n) is 11.7. The van der Waals surface area contributed by atoms with Crippen LogP contribution in [0.5, 0.6) is 0 Å². The number of nitrogens with zero attached hydrogens (tertiary/aromatic N) is 1. The number of rotatable bonds is 1. The fraction of sp³-hybridized carbons (Fsp3) is 0.933. The maximum atomic E-state index is 12.6. The lowest BCUT2D eigenvalue weighted by molar-refractivity contribution is -0.135. The molecule has 4 heteroatoms. The van der Waals surface area contributed by atoms with Crippen LogP contribution in [0.3, 0.4) is 0 Å². The van der Waals surface area contributed by atoms with Crippen LogP contribution in [0, 0.1) is 17.8 Å². The largest absolute Gasteiger partial charge is 0.342 e. The van der Waals surface area contributed by atoms with E-state index in [-0.39, 0.29) is 12.4 Å². The number of amides is 1. The van der Waals surface area contributed by atoms with E-state index in [1.807, 2.05) is 0 Å². The van der Waals surface area contributed by atoms with Crippen molar-refractivity contribution in [1.29, 1.82) is 0 Å². The second kappa shape index (κ2) is 6.45. The summed E-state index contributed by atoms with van der Waals surface area (Å²) in [5.41, 5.74) is 6.15. The number of halogens is 1. The molecule has 1 amide bonds. The Hall–Kier alpha value is -0.280. The summed E-state index contributed by atoms with van der Waals surface area (Å²) in [4.78, 5) is 14.7. The Morgan fingerprint density at radius 2 is 1.63 bits per heavy atom. The molecule has 3 atom stereocenters. The van der Waals surface area contributed by atoms with Gasteiger partial charge in [-0.1, -0.05) is 25.7 Å². The Balaban J connectivity index is 0.00000133. The van der Waals surface area contributed by atoms with Gasteiger partial charge in [-0.2, -0.15) is 0 Å². The van der Waals surface area contributed by atoms with Crippen LogP contribution in [0.25, 0.3) is 0 Å². The van der Waals surface area contributed by atoms with Gasteiger partial charge < -0.3 is 10.6 Å². The van der Waals surface area contributed by atoms with Gasteiger partial charge >= 0.3 is 0 Å². The van der Waals surface area contributed by atoms with Crippen molar-refractivity contribution < 1.29 is 4.79 Å². The molecule has 2 N–H and O–H groups in total. The van der Waals surface area contributed by atoms with Gasteiger partial charge in [-0.3, -0.25) is 4.79 Å². The summed E-state index contributed by atoms with van der Waals surface area (Å²) >= 11 is 0. The molecule has 2 saturated carbocycles. The van der Waals surface area contributed by atoms with Crippen LogP contribution in [0.15, 0.2) is 0 Å².